The van der Waals surface area contributed by atoms with Crippen molar-refractivity contribution in [2.45, 2.75) is 20.3 Å². The first kappa shape index (κ1) is 16.2. The Morgan fingerprint density at radius 1 is 1.09 bits per heavy atom. The molecule has 0 saturated carbocycles. The average molecular weight is 310 g/mol. The molecule has 0 unspecified atom stereocenters. The van der Waals surface area contributed by atoms with Gasteiger partial charge in [0, 0.05) is 28.9 Å². The zero-order valence-electron chi connectivity index (χ0n) is 13.0. The number of halogens is 1. The molecule has 0 atom stereocenters. The molecule has 1 aliphatic rings. The van der Waals surface area contributed by atoms with Crippen molar-refractivity contribution in [3.05, 3.63) is 76.3 Å². The van der Waals surface area contributed by atoms with Gasteiger partial charge >= 0.3 is 0 Å². The second-order valence-corrected chi connectivity index (χ2v) is 5.16. The van der Waals surface area contributed by atoms with Crippen molar-refractivity contribution in [1.29, 1.82) is 0 Å². The molecule has 1 N–H and O–H groups in total. The van der Waals surface area contributed by atoms with Gasteiger partial charge in [0.1, 0.15) is 0 Å². The summed E-state index contributed by atoms with van der Waals surface area (Å²) in [4.78, 5) is 0. The molecule has 112 valence electrons. The van der Waals surface area contributed by atoms with Crippen LogP contribution in [0.3, 0.4) is 0 Å². The molecule has 2 aromatic carbocycles. The minimum absolute atomic E-state index is 0.690. The third-order valence-electron chi connectivity index (χ3n) is 3.38. The van der Waals surface area contributed by atoms with E-state index in [9.17, 15) is 0 Å². The lowest BCUT2D eigenvalue weighted by molar-refractivity contribution is 0.815. The minimum atomic E-state index is 0.690. The van der Waals surface area contributed by atoms with Gasteiger partial charge in [0.05, 0.1) is 5.02 Å². The molecule has 0 fully saturated rings. The molecule has 2 aromatic rings. The Balaban J connectivity index is 0.000000847. The summed E-state index contributed by atoms with van der Waals surface area (Å²) in [5, 5.41) is 3.97. The summed E-state index contributed by atoms with van der Waals surface area (Å²) in [6.45, 7) is 8.96. The van der Waals surface area contributed by atoms with Gasteiger partial charge in [-0.05, 0) is 36.2 Å². The predicted molar refractivity (Wildman–Crippen MR) is 96.0 cm³/mol. The molecule has 0 saturated heterocycles. The van der Waals surface area contributed by atoms with Gasteiger partial charge in [-0.15, -0.1) is 0 Å². The predicted octanol–water partition coefficient (Wildman–Crippen LogP) is 4.88. The van der Waals surface area contributed by atoms with Crippen molar-refractivity contribution in [2.24, 2.45) is 0 Å². The second kappa shape index (κ2) is 7.73. The molecule has 0 amide bonds. The minimum Gasteiger partial charge on any atom is -0.385 e. The van der Waals surface area contributed by atoms with E-state index in [1.165, 1.54) is 11.1 Å². The van der Waals surface area contributed by atoms with Gasteiger partial charge in [0.15, 0.2) is 0 Å². The molecule has 1 heterocycles. The van der Waals surface area contributed by atoms with E-state index in [1.54, 1.807) is 0 Å². The highest BCUT2D eigenvalue weighted by Crippen LogP contribution is 2.21. The van der Waals surface area contributed by atoms with Crippen LogP contribution in [0.25, 0.3) is 5.70 Å². The fourth-order valence-electron chi connectivity index (χ4n) is 2.32. The maximum Gasteiger partial charge on any atom is 0.0562 e. The molecule has 3 rings (SSSR count). The lowest BCUT2D eigenvalue weighted by atomic mass is 9.96. The van der Waals surface area contributed by atoms with Gasteiger partial charge in [-0.3, -0.25) is 0 Å². The summed E-state index contributed by atoms with van der Waals surface area (Å²) < 4.78 is 0. The third kappa shape index (κ3) is 3.72. The monoisotopic (exact) mass is 309 g/mol. The van der Waals surface area contributed by atoms with Crippen LogP contribution in [0.4, 0.5) is 0 Å². The Kier molecular flexibility index (Phi) is 5.69. The highest BCUT2D eigenvalue weighted by molar-refractivity contribution is 6.31. The standard InChI is InChI=1S/C18H14ClN.C2H6/c1-13-17-9-7-14(12-16(17)10-11-20-13)6-8-15-4-2-3-5-18(15)19;1-2/h2-5,7,9,12,20H,1,10-11H2;1-2H3. The Morgan fingerprint density at radius 3 is 2.64 bits per heavy atom. The van der Waals surface area contributed by atoms with Gasteiger partial charge < -0.3 is 5.32 Å². The van der Waals surface area contributed by atoms with Crippen LogP contribution in [-0.4, -0.2) is 6.54 Å². The summed E-state index contributed by atoms with van der Waals surface area (Å²) in [5.41, 5.74) is 5.37. The van der Waals surface area contributed by atoms with Crippen LogP contribution in [-0.2, 0) is 6.42 Å². The van der Waals surface area contributed by atoms with Gasteiger partial charge in [-0.2, -0.15) is 0 Å². The highest BCUT2D eigenvalue weighted by atomic mass is 35.5. The molecule has 0 radical (unpaired) electrons. The number of fused-ring (bicyclic) bond motifs is 1. The SMILES string of the molecule is C=C1NCCc2cc(C#Cc3ccccc3Cl)ccc21.CC. The van der Waals surface area contributed by atoms with Crippen molar-refractivity contribution in [3.63, 3.8) is 0 Å². The maximum absolute atomic E-state index is 6.10. The van der Waals surface area contributed by atoms with Crippen LogP contribution in [0.2, 0.25) is 5.02 Å². The largest absolute Gasteiger partial charge is 0.385 e. The molecule has 0 spiro atoms. The normalized spacial score (nSPS) is 12.0. The first-order valence-corrected chi connectivity index (χ1v) is 7.94. The van der Waals surface area contributed by atoms with E-state index in [0.29, 0.717) is 5.02 Å². The van der Waals surface area contributed by atoms with Gasteiger partial charge in [-0.1, -0.05) is 62.1 Å². The highest BCUT2D eigenvalue weighted by Gasteiger charge is 2.11. The number of nitrogens with one attached hydrogen (secondary N) is 1. The van der Waals surface area contributed by atoms with Crippen LogP contribution >= 0.6 is 11.6 Å². The van der Waals surface area contributed by atoms with Gasteiger partial charge in [0.2, 0.25) is 0 Å². The molecule has 0 aromatic heterocycles. The number of hydrogen-bond acceptors (Lipinski definition) is 1. The molecule has 1 aliphatic heterocycles. The smallest absolute Gasteiger partial charge is 0.0562 e. The van der Waals surface area contributed by atoms with Crippen LogP contribution in [0.1, 0.15) is 36.1 Å². The molecule has 2 heteroatoms. The first-order chi connectivity index (χ1) is 10.7. The van der Waals surface area contributed by atoms with Crippen molar-refractivity contribution < 1.29 is 0 Å². The lowest BCUT2D eigenvalue weighted by Gasteiger charge is -2.20. The van der Waals surface area contributed by atoms with Crippen molar-refractivity contribution in [3.8, 4) is 11.8 Å². The Labute approximate surface area is 138 Å². The summed E-state index contributed by atoms with van der Waals surface area (Å²) in [5.74, 6) is 6.31. The summed E-state index contributed by atoms with van der Waals surface area (Å²) >= 11 is 6.10. The van der Waals surface area contributed by atoms with Crippen molar-refractivity contribution in [2.75, 3.05) is 6.54 Å². The zero-order valence-corrected chi connectivity index (χ0v) is 13.8. The van der Waals surface area contributed by atoms with E-state index >= 15 is 0 Å². The molecular formula is C20H20ClN. The average Bonchev–Trinajstić information content (AvgIpc) is 2.56. The Bertz CT molecular complexity index is 735. The number of benzene rings is 2. The fourth-order valence-corrected chi connectivity index (χ4v) is 2.50. The Morgan fingerprint density at radius 2 is 1.86 bits per heavy atom. The van der Waals surface area contributed by atoms with E-state index in [1.807, 2.05) is 44.2 Å². The number of rotatable bonds is 0. The summed E-state index contributed by atoms with van der Waals surface area (Å²) in [6, 6.07) is 13.9. The summed E-state index contributed by atoms with van der Waals surface area (Å²) in [6.07, 6.45) is 1.01. The van der Waals surface area contributed by atoms with Crippen LogP contribution in [0, 0.1) is 11.8 Å². The van der Waals surface area contributed by atoms with Gasteiger partial charge in [0.25, 0.3) is 0 Å². The van der Waals surface area contributed by atoms with E-state index in [4.69, 9.17) is 11.6 Å². The van der Waals surface area contributed by atoms with E-state index < -0.39 is 0 Å². The lowest BCUT2D eigenvalue weighted by Crippen LogP contribution is -2.21. The zero-order chi connectivity index (χ0) is 15.9. The molecule has 0 aliphatic carbocycles. The quantitative estimate of drug-likeness (QED) is 0.684. The second-order valence-electron chi connectivity index (χ2n) is 4.76. The van der Waals surface area contributed by atoms with Crippen LogP contribution < -0.4 is 5.32 Å². The van der Waals surface area contributed by atoms with E-state index in [2.05, 4.69) is 35.9 Å². The number of hydrogen-bond donors (Lipinski definition) is 1. The molecular weight excluding hydrogens is 290 g/mol. The van der Waals surface area contributed by atoms with Crippen LogP contribution in [0.15, 0.2) is 49.0 Å². The molecule has 22 heavy (non-hydrogen) atoms. The van der Waals surface area contributed by atoms with E-state index in [-0.39, 0.29) is 0 Å². The van der Waals surface area contributed by atoms with Crippen LogP contribution in [0.5, 0.6) is 0 Å². The molecule has 1 nitrogen and oxygen atoms in total. The third-order valence-corrected chi connectivity index (χ3v) is 3.71. The van der Waals surface area contributed by atoms with Gasteiger partial charge in [-0.25, -0.2) is 0 Å². The molecule has 0 bridgehead atoms. The topological polar surface area (TPSA) is 12.0 Å². The first-order valence-electron chi connectivity index (χ1n) is 7.57. The fraction of sp³-hybridized carbons (Fsp3) is 0.200. The van der Waals surface area contributed by atoms with Crippen molar-refractivity contribution in [1.82, 2.24) is 5.32 Å². The van der Waals surface area contributed by atoms with Crippen molar-refractivity contribution >= 4 is 17.3 Å². The maximum atomic E-state index is 6.10. The summed E-state index contributed by atoms with van der Waals surface area (Å²) in [7, 11) is 0. The Hall–Kier alpha value is -2.17. The van der Waals surface area contributed by atoms with E-state index in [0.717, 1.165) is 29.8 Å².